The smallest absolute Gasteiger partial charge is 0.416 e. The number of rotatable bonds is 5. The van der Waals surface area contributed by atoms with Crippen LogP contribution in [0.2, 0.25) is 0 Å². The van der Waals surface area contributed by atoms with E-state index < -0.39 is 11.7 Å². The molecule has 0 heterocycles. The minimum absolute atomic E-state index is 0.399. The molecule has 156 valence electrons. The van der Waals surface area contributed by atoms with Crippen LogP contribution in [-0.2, 0) is 12.8 Å². The Hall–Kier alpha value is -3.53. The topological polar surface area (TPSA) is 9.23 Å². The lowest BCUT2D eigenvalue weighted by molar-refractivity contribution is -0.137. The van der Waals surface area contributed by atoms with Gasteiger partial charge in [0.2, 0.25) is 0 Å². The second-order valence-corrected chi connectivity index (χ2v) is 7.43. The van der Waals surface area contributed by atoms with Crippen molar-refractivity contribution in [1.82, 2.24) is 0 Å². The second-order valence-electron chi connectivity index (χ2n) is 7.43. The molecule has 0 aromatic heterocycles. The molecule has 1 nitrogen and oxygen atoms in total. The molecule has 0 unspecified atom stereocenters. The van der Waals surface area contributed by atoms with Crippen molar-refractivity contribution >= 4 is 0 Å². The Morgan fingerprint density at radius 1 is 0.677 bits per heavy atom. The van der Waals surface area contributed by atoms with Crippen LogP contribution < -0.4 is 4.74 Å². The van der Waals surface area contributed by atoms with E-state index in [1.165, 1.54) is 17.7 Å². The number of alkyl halides is 3. The van der Waals surface area contributed by atoms with Crippen LogP contribution in [0.25, 0.3) is 22.3 Å². The number of para-hydroxylation sites is 1. The summed E-state index contributed by atoms with van der Waals surface area (Å²) >= 11 is 0. The van der Waals surface area contributed by atoms with Crippen LogP contribution in [0.4, 0.5) is 13.2 Å². The Labute approximate surface area is 179 Å². The largest absolute Gasteiger partial charge is 0.488 e. The first-order valence-electron chi connectivity index (χ1n) is 9.95. The minimum Gasteiger partial charge on any atom is -0.488 e. The molecule has 0 fully saturated rings. The van der Waals surface area contributed by atoms with Crippen LogP contribution in [0.3, 0.4) is 0 Å². The molecule has 4 heteroatoms. The number of hydrogen-bond acceptors (Lipinski definition) is 1. The van der Waals surface area contributed by atoms with Crippen molar-refractivity contribution in [3.8, 4) is 28.0 Å². The van der Waals surface area contributed by atoms with Crippen LogP contribution >= 0.6 is 0 Å². The molecular weight excluding hydrogens is 397 g/mol. The molecule has 0 aliphatic rings. The number of ether oxygens (including phenoxy) is 1. The first-order chi connectivity index (χ1) is 14.9. The van der Waals surface area contributed by atoms with Gasteiger partial charge in [-0.05, 0) is 47.4 Å². The van der Waals surface area contributed by atoms with Crippen LogP contribution in [0.1, 0.15) is 16.7 Å². The lowest BCUT2D eigenvalue weighted by Gasteiger charge is -2.13. The van der Waals surface area contributed by atoms with Gasteiger partial charge < -0.3 is 4.74 Å². The van der Waals surface area contributed by atoms with Gasteiger partial charge in [-0.3, -0.25) is 0 Å². The summed E-state index contributed by atoms with van der Waals surface area (Å²) in [5, 5.41) is 0. The highest BCUT2D eigenvalue weighted by atomic mass is 19.4. The van der Waals surface area contributed by atoms with Crippen LogP contribution in [0.5, 0.6) is 5.75 Å². The summed E-state index contributed by atoms with van der Waals surface area (Å²) in [4.78, 5) is 0. The van der Waals surface area contributed by atoms with Crippen molar-refractivity contribution in [2.24, 2.45) is 0 Å². The molecule has 0 saturated carbocycles. The van der Waals surface area contributed by atoms with Gasteiger partial charge in [-0.2, -0.15) is 13.2 Å². The molecule has 0 aliphatic heterocycles. The Morgan fingerprint density at radius 3 is 1.97 bits per heavy atom. The van der Waals surface area contributed by atoms with Crippen molar-refractivity contribution in [2.45, 2.75) is 19.7 Å². The molecule has 0 bridgehead atoms. The maximum Gasteiger partial charge on any atom is 0.416 e. The molecule has 0 radical (unpaired) electrons. The molecular formula is C27H21F3O. The summed E-state index contributed by atoms with van der Waals surface area (Å²) in [6.07, 6.45) is -4.32. The SMILES string of the molecule is Cc1cccc(-c2ccccc2OCc2ccc(-c3ccc(C(F)(F)F)cc3)cc2)c1. The van der Waals surface area contributed by atoms with Crippen molar-refractivity contribution in [3.63, 3.8) is 0 Å². The van der Waals surface area contributed by atoms with E-state index >= 15 is 0 Å². The maximum absolute atomic E-state index is 12.7. The van der Waals surface area contributed by atoms with Gasteiger partial charge in [0.15, 0.2) is 0 Å². The zero-order valence-corrected chi connectivity index (χ0v) is 17.0. The Bertz CT molecular complexity index is 1160. The molecule has 31 heavy (non-hydrogen) atoms. The van der Waals surface area contributed by atoms with Crippen LogP contribution in [0.15, 0.2) is 97.1 Å². The van der Waals surface area contributed by atoms with Gasteiger partial charge in [-0.1, -0.05) is 84.4 Å². The summed E-state index contributed by atoms with van der Waals surface area (Å²) < 4.78 is 44.3. The monoisotopic (exact) mass is 418 g/mol. The number of benzene rings is 4. The van der Waals surface area contributed by atoms with Gasteiger partial charge >= 0.3 is 6.18 Å². The fourth-order valence-corrected chi connectivity index (χ4v) is 3.45. The highest BCUT2D eigenvalue weighted by Crippen LogP contribution is 2.32. The van der Waals surface area contributed by atoms with E-state index in [0.717, 1.165) is 45.7 Å². The minimum atomic E-state index is -4.32. The zero-order valence-electron chi connectivity index (χ0n) is 17.0. The van der Waals surface area contributed by atoms with Crippen molar-refractivity contribution in [2.75, 3.05) is 0 Å². The molecule has 0 N–H and O–H groups in total. The van der Waals surface area contributed by atoms with Gasteiger partial charge in [0, 0.05) is 5.56 Å². The van der Waals surface area contributed by atoms with E-state index in [9.17, 15) is 13.2 Å². The quantitative estimate of drug-likeness (QED) is 0.320. The average Bonchev–Trinajstić information content (AvgIpc) is 2.78. The maximum atomic E-state index is 12.7. The predicted molar refractivity (Wildman–Crippen MR) is 118 cm³/mol. The van der Waals surface area contributed by atoms with Gasteiger partial charge in [0.05, 0.1) is 5.56 Å². The van der Waals surface area contributed by atoms with Gasteiger partial charge in [-0.15, -0.1) is 0 Å². The number of aryl methyl sites for hydroxylation is 1. The number of halogens is 3. The molecule has 4 rings (SSSR count). The van der Waals surface area contributed by atoms with Crippen LogP contribution in [-0.4, -0.2) is 0 Å². The summed E-state index contributed by atoms with van der Waals surface area (Å²) in [6, 6.07) is 29.1. The molecule has 0 atom stereocenters. The number of hydrogen-bond donors (Lipinski definition) is 0. The van der Waals surface area contributed by atoms with E-state index in [1.807, 2.05) is 54.6 Å². The third-order valence-electron chi connectivity index (χ3n) is 5.11. The normalized spacial score (nSPS) is 11.4. The predicted octanol–water partition coefficient (Wildman–Crippen LogP) is 7.93. The molecule has 0 aliphatic carbocycles. The van der Waals surface area contributed by atoms with E-state index in [-0.39, 0.29) is 0 Å². The first-order valence-corrected chi connectivity index (χ1v) is 9.95. The second kappa shape index (κ2) is 8.68. The molecule has 0 spiro atoms. The summed E-state index contributed by atoms with van der Waals surface area (Å²) in [5.74, 6) is 0.805. The first kappa shape index (κ1) is 20.7. The highest BCUT2D eigenvalue weighted by molar-refractivity contribution is 5.71. The fraction of sp³-hybridized carbons (Fsp3) is 0.111. The van der Waals surface area contributed by atoms with Crippen molar-refractivity contribution in [1.29, 1.82) is 0 Å². The van der Waals surface area contributed by atoms with E-state index in [2.05, 4.69) is 25.1 Å². The molecule has 0 amide bonds. The fourth-order valence-electron chi connectivity index (χ4n) is 3.45. The Kier molecular flexibility index (Phi) is 5.81. The van der Waals surface area contributed by atoms with Gasteiger partial charge in [0.25, 0.3) is 0 Å². The highest BCUT2D eigenvalue weighted by Gasteiger charge is 2.29. The van der Waals surface area contributed by atoms with Gasteiger partial charge in [0.1, 0.15) is 12.4 Å². The van der Waals surface area contributed by atoms with Crippen LogP contribution in [0, 0.1) is 6.92 Å². The van der Waals surface area contributed by atoms with E-state index in [4.69, 9.17) is 4.74 Å². The zero-order chi connectivity index (χ0) is 21.8. The Balaban J connectivity index is 1.47. The third kappa shape index (κ3) is 4.97. The lowest BCUT2D eigenvalue weighted by Crippen LogP contribution is -2.04. The third-order valence-corrected chi connectivity index (χ3v) is 5.11. The van der Waals surface area contributed by atoms with Crippen molar-refractivity contribution in [3.05, 3.63) is 114 Å². The van der Waals surface area contributed by atoms with E-state index in [0.29, 0.717) is 6.61 Å². The lowest BCUT2D eigenvalue weighted by atomic mass is 10.0. The van der Waals surface area contributed by atoms with E-state index in [1.54, 1.807) is 0 Å². The van der Waals surface area contributed by atoms with Gasteiger partial charge in [-0.25, -0.2) is 0 Å². The average molecular weight is 418 g/mol. The molecule has 4 aromatic rings. The standard InChI is InChI=1S/C27H21F3O/c1-19-5-4-6-23(17-19)25-7-2-3-8-26(25)31-18-20-9-11-21(12-10-20)22-13-15-24(16-14-22)27(28,29)30/h2-17H,18H2,1H3. The van der Waals surface area contributed by atoms with Crippen molar-refractivity contribution < 1.29 is 17.9 Å². The summed E-state index contributed by atoms with van der Waals surface area (Å²) in [6.45, 7) is 2.46. The molecule has 0 saturated heterocycles. The summed E-state index contributed by atoms with van der Waals surface area (Å²) in [7, 11) is 0. The Morgan fingerprint density at radius 2 is 1.32 bits per heavy atom. The summed E-state index contributed by atoms with van der Waals surface area (Å²) in [5.41, 5.74) is 5.26. The molecule has 4 aromatic carbocycles.